The van der Waals surface area contributed by atoms with E-state index in [2.05, 4.69) is 0 Å². The monoisotopic (exact) mass is 344 g/mol. The van der Waals surface area contributed by atoms with Gasteiger partial charge in [-0.3, -0.25) is 0 Å². The summed E-state index contributed by atoms with van der Waals surface area (Å²) in [5, 5.41) is 0. The molecule has 0 aliphatic heterocycles. The Morgan fingerprint density at radius 2 is 1.81 bits per heavy atom. The second-order valence-electron chi connectivity index (χ2n) is 3.93. The van der Waals surface area contributed by atoms with Gasteiger partial charge in [0.05, 0.1) is 19.8 Å². The number of hydrogen-bond acceptors (Lipinski definition) is 5. The Bertz CT molecular complexity index is 565. The minimum Gasteiger partial charge on any atom is -0.490 e. The SMILES string of the molecule is COCCOCCCOc1ccc(S(=O)(=O)Cl)c(F)c1F. The van der Waals surface area contributed by atoms with Crippen LogP contribution >= 0.6 is 10.7 Å². The fourth-order valence-corrected chi connectivity index (χ4v) is 2.29. The average molecular weight is 345 g/mol. The van der Waals surface area contributed by atoms with Crippen molar-refractivity contribution < 1.29 is 31.4 Å². The number of benzene rings is 1. The first-order chi connectivity index (χ1) is 9.88. The lowest BCUT2D eigenvalue weighted by atomic mass is 10.3. The van der Waals surface area contributed by atoms with E-state index in [0.717, 1.165) is 12.1 Å². The summed E-state index contributed by atoms with van der Waals surface area (Å²) in [6.07, 6.45) is 0.459. The Morgan fingerprint density at radius 3 is 2.43 bits per heavy atom. The topological polar surface area (TPSA) is 61.8 Å². The van der Waals surface area contributed by atoms with E-state index in [4.69, 9.17) is 24.9 Å². The van der Waals surface area contributed by atoms with Crippen molar-refractivity contribution in [3.05, 3.63) is 23.8 Å². The van der Waals surface area contributed by atoms with E-state index in [9.17, 15) is 17.2 Å². The highest BCUT2D eigenvalue weighted by molar-refractivity contribution is 8.13. The van der Waals surface area contributed by atoms with Crippen LogP contribution in [-0.4, -0.2) is 42.0 Å². The first-order valence-corrected chi connectivity index (χ1v) is 8.31. The van der Waals surface area contributed by atoms with Crippen LogP contribution in [0.15, 0.2) is 17.0 Å². The minimum absolute atomic E-state index is 0.0936. The molecule has 1 rings (SSSR count). The van der Waals surface area contributed by atoms with Gasteiger partial charge in [-0.1, -0.05) is 0 Å². The van der Waals surface area contributed by atoms with Crippen molar-refractivity contribution in [2.45, 2.75) is 11.3 Å². The maximum absolute atomic E-state index is 13.6. The summed E-state index contributed by atoms with van der Waals surface area (Å²) in [7, 11) is 2.18. The van der Waals surface area contributed by atoms with Crippen LogP contribution in [0.25, 0.3) is 0 Å². The molecule has 0 aliphatic carbocycles. The summed E-state index contributed by atoms with van der Waals surface area (Å²) in [5.41, 5.74) is 0. The number of hydrogen-bond donors (Lipinski definition) is 0. The molecule has 1 aromatic rings. The van der Waals surface area contributed by atoms with Crippen LogP contribution in [0.3, 0.4) is 0 Å². The third-order valence-corrected chi connectivity index (χ3v) is 3.74. The Morgan fingerprint density at radius 1 is 1.10 bits per heavy atom. The molecule has 120 valence electrons. The van der Waals surface area contributed by atoms with Gasteiger partial charge in [0.2, 0.25) is 5.82 Å². The van der Waals surface area contributed by atoms with Gasteiger partial charge >= 0.3 is 0 Å². The van der Waals surface area contributed by atoms with Crippen molar-refractivity contribution in [1.82, 2.24) is 0 Å². The van der Waals surface area contributed by atoms with Gasteiger partial charge in [0.15, 0.2) is 11.6 Å². The second kappa shape index (κ2) is 8.47. The summed E-state index contributed by atoms with van der Waals surface area (Å²) >= 11 is 0. The van der Waals surface area contributed by atoms with Gasteiger partial charge in [-0.2, -0.15) is 4.39 Å². The van der Waals surface area contributed by atoms with E-state index >= 15 is 0 Å². The third kappa shape index (κ3) is 5.74. The molecular formula is C12H15ClF2O5S. The zero-order chi connectivity index (χ0) is 15.9. The van der Waals surface area contributed by atoms with E-state index in [1.165, 1.54) is 0 Å². The molecule has 0 heterocycles. The molecule has 0 aromatic heterocycles. The largest absolute Gasteiger partial charge is 0.490 e. The highest BCUT2D eigenvalue weighted by Gasteiger charge is 2.22. The maximum atomic E-state index is 13.6. The summed E-state index contributed by atoms with van der Waals surface area (Å²) in [6, 6.07) is 1.87. The molecule has 0 unspecified atom stereocenters. The Labute approximate surface area is 126 Å². The van der Waals surface area contributed by atoms with Crippen LogP contribution in [0.1, 0.15) is 6.42 Å². The molecule has 9 heteroatoms. The second-order valence-corrected chi connectivity index (χ2v) is 6.47. The van der Waals surface area contributed by atoms with Crippen molar-refractivity contribution in [2.24, 2.45) is 0 Å². The van der Waals surface area contributed by atoms with Crippen LogP contribution in [0, 0.1) is 11.6 Å². The predicted octanol–water partition coefficient (Wildman–Crippen LogP) is 2.32. The van der Waals surface area contributed by atoms with Crippen LogP contribution in [0.5, 0.6) is 5.75 Å². The molecule has 1 aromatic carbocycles. The van der Waals surface area contributed by atoms with E-state index in [1.807, 2.05) is 0 Å². The molecule has 0 bridgehead atoms. The van der Waals surface area contributed by atoms with Gasteiger partial charge in [0.1, 0.15) is 4.90 Å². The van der Waals surface area contributed by atoms with Crippen LogP contribution in [-0.2, 0) is 18.5 Å². The first kappa shape index (κ1) is 18.1. The lowest BCUT2D eigenvalue weighted by Crippen LogP contribution is -2.08. The molecule has 21 heavy (non-hydrogen) atoms. The molecule has 0 atom stereocenters. The smallest absolute Gasteiger partial charge is 0.264 e. The van der Waals surface area contributed by atoms with Crippen LogP contribution < -0.4 is 4.74 Å². The van der Waals surface area contributed by atoms with Gasteiger partial charge in [-0.05, 0) is 12.1 Å². The van der Waals surface area contributed by atoms with Gasteiger partial charge in [-0.25, -0.2) is 12.8 Å². The number of rotatable bonds is 9. The summed E-state index contributed by atoms with van der Waals surface area (Å²) < 4.78 is 64.1. The summed E-state index contributed by atoms with van der Waals surface area (Å²) in [4.78, 5) is -0.920. The van der Waals surface area contributed by atoms with Crippen molar-refractivity contribution in [2.75, 3.05) is 33.5 Å². The number of methoxy groups -OCH3 is 1. The molecule has 0 saturated heterocycles. The Hall–Kier alpha value is -0.960. The molecule has 0 N–H and O–H groups in total. The van der Waals surface area contributed by atoms with Gasteiger partial charge in [0.25, 0.3) is 9.05 Å². The lowest BCUT2D eigenvalue weighted by Gasteiger charge is -2.09. The molecule has 0 amide bonds. The lowest BCUT2D eigenvalue weighted by molar-refractivity contribution is 0.0642. The normalized spacial score (nSPS) is 11.6. The quantitative estimate of drug-likeness (QED) is 0.508. The molecule has 0 fully saturated rings. The molecule has 0 spiro atoms. The van der Waals surface area contributed by atoms with Crippen molar-refractivity contribution in [1.29, 1.82) is 0 Å². The zero-order valence-electron chi connectivity index (χ0n) is 11.3. The standard InChI is InChI=1S/C12H15ClF2O5S/c1-18-7-8-19-5-2-6-20-9-3-4-10(21(13,16)17)12(15)11(9)14/h3-4H,2,5-8H2,1H3. The van der Waals surface area contributed by atoms with Crippen LogP contribution in [0.4, 0.5) is 8.78 Å². The van der Waals surface area contributed by atoms with E-state index in [0.29, 0.717) is 26.2 Å². The van der Waals surface area contributed by atoms with Crippen molar-refractivity contribution >= 4 is 19.7 Å². The zero-order valence-corrected chi connectivity index (χ0v) is 12.8. The Kier molecular flexibility index (Phi) is 7.30. The predicted molar refractivity (Wildman–Crippen MR) is 72.2 cm³/mol. The van der Waals surface area contributed by atoms with E-state index in [-0.39, 0.29) is 12.4 Å². The van der Waals surface area contributed by atoms with Crippen molar-refractivity contribution in [3.8, 4) is 5.75 Å². The molecule has 0 radical (unpaired) electrons. The molecule has 0 saturated carbocycles. The molecule has 5 nitrogen and oxygen atoms in total. The number of halogens is 3. The third-order valence-electron chi connectivity index (χ3n) is 2.40. The number of ether oxygens (including phenoxy) is 3. The summed E-state index contributed by atoms with van der Waals surface area (Å²) in [5.74, 6) is -3.33. The average Bonchev–Trinajstić information content (AvgIpc) is 2.41. The van der Waals surface area contributed by atoms with E-state index in [1.54, 1.807) is 7.11 Å². The first-order valence-electron chi connectivity index (χ1n) is 6.00. The molecule has 0 aliphatic rings. The minimum atomic E-state index is -4.34. The highest BCUT2D eigenvalue weighted by atomic mass is 35.7. The maximum Gasteiger partial charge on any atom is 0.264 e. The van der Waals surface area contributed by atoms with Crippen LogP contribution in [0.2, 0.25) is 0 Å². The van der Waals surface area contributed by atoms with Gasteiger partial charge in [-0.15, -0.1) is 0 Å². The Balaban J connectivity index is 2.52. The fourth-order valence-electron chi connectivity index (χ4n) is 1.40. The fraction of sp³-hybridized carbons (Fsp3) is 0.500. The highest BCUT2D eigenvalue weighted by Crippen LogP contribution is 2.27. The van der Waals surface area contributed by atoms with Gasteiger partial charge < -0.3 is 14.2 Å². The van der Waals surface area contributed by atoms with E-state index < -0.39 is 25.6 Å². The molecular weight excluding hydrogens is 330 g/mol. The van der Waals surface area contributed by atoms with Gasteiger partial charge in [0, 0.05) is 30.8 Å². The summed E-state index contributed by atoms with van der Waals surface area (Å²) in [6.45, 7) is 1.37. The van der Waals surface area contributed by atoms with Crippen molar-refractivity contribution in [3.63, 3.8) is 0 Å².